The van der Waals surface area contributed by atoms with E-state index in [-0.39, 0.29) is 11.6 Å². The molecule has 0 amide bonds. The second-order valence-corrected chi connectivity index (χ2v) is 8.38. The highest BCUT2D eigenvalue weighted by Gasteiger charge is 2.23. The van der Waals surface area contributed by atoms with Crippen LogP contribution in [-0.4, -0.2) is 54.7 Å². The smallest absolute Gasteiger partial charge is 0.261 e. The third-order valence-corrected chi connectivity index (χ3v) is 5.70. The summed E-state index contributed by atoms with van der Waals surface area (Å²) < 4.78 is 26.3. The minimum absolute atomic E-state index is 0.0385. The molecule has 1 aromatic carbocycles. The van der Waals surface area contributed by atoms with Gasteiger partial charge in [0, 0.05) is 37.9 Å². The van der Waals surface area contributed by atoms with Crippen molar-refractivity contribution >= 4 is 26.6 Å². The predicted octanol–water partition coefficient (Wildman–Crippen LogP) is 1.06. The number of sulfonamides is 1. The van der Waals surface area contributed by atoms with E-state index in [0.717, 1.165) is 5.69 Å². The summed E-state index contributed by atoms with van der Waals surface area (Å²) in [6, 6.07) is 5.68. The third-order valence-electron chi connectivity index (χ3n) is 4.40. The Morgan fingerprint density at radius 3 is 2.38 bits per heavy atom. The topological polar surface area (TPSA) is 75.5 Å². The number of nitrogens with zero attached hydrogens (tertiary/aromatic N) is 4. The number of piperazine rings is 1. The van der Waals surface area contributed by atoms with Gasteiger partial charge in [-0.25, -0.2) is 13.4 Å². The summed E-state index contributed by atoms with van der Waals surface area (Å²) in [5.41, 5.74) is 1.59. The Balaban J connectivity index is 1.87. The lowest BCUT2D eigenvalue weighted by molar-refractivity contribution is 0.388. The van der Waals surface area contributed by atoms with E-state index in [1.54, 1.807) is 10.9 Å². The van der Waals surface area contributed by atoms with Gasteiger partial charge in [-0.2, -0.15) is 4.31 Å². The van der Waals surface area contributed by atoms with Gasteiger partial charge in [-0.1, -0.05) is 0 Å². The Kier molecular flexibility index (Phi) is 4.35. The molecule has 3 rings (SSSR count). The molecule has 0 spiro atoms. The average Bonchev–Trinajstić information content (AvgIpc) is 2.54. The fraction of sp³-hybridized carbons (Fsp3) is 0.500. The van der Waals surface area contributed by atoms with Crippen LogP contribution in [0.5, 0.6) is 0 Å². The first kappa shape index (κ1) is 16.9. The van der Waals surface area contributed by atoms with E-state index in [1.807, 2.05) is 32.0 Å². The first-order valence-corrected chi connectivity index (χ1v) is 9.83. The maximum Gasteiger partial charge on any atom is 0.261 e. The minimum atomic E-state index is -3.13. The van der Waals surface area contributed by atoms with Crippen molar-refractivity contribution < 1.29 is 8.42 Å². The second kappa shape index (κ2) is 6.18. The van der Waals surface area contributed by atoms with Crippen LogP contribution < -0.4 is 10.5 Å². The zero-order chi connectivity index (χ0) is 17.5. The Labute approximate surface area is 141 Å². The number of hydrogen-bond acceptors (Lipinski definition) is 5. The fourth-order valence-electron chi connectivity index (χ4n) is 2.97. The van der Waals surface area contributed by atoms with Crippen LogP contribution in [0.4, 0.5) is 5.69 Å². The molecule has 1 fully saturated rings. The number of benzene rings is 1. The van der Waals surface area contributed by atoms with Crippen LogP contribution >= 0.6 is 0 Å². The molecule has 0 atom stereocenters. The van der Waals surface area contributed by atoms with Crippen molar-refractivity contribution in [2.75, 3.05) is 37.3 Å². The van der Waals surface area contributed by atoms with Crippen molar-refractivity contribution in [2.45, 2.75) is 19.9 Å². The molecular formula is C16H22N4O3S. The van der Waals surface area contributed by atoms with Gasteiger partial charge in [-0.3, -0.25) is 9.36 Å². The number of fused-ring (bicyclic) bond motifs is 1. The molecule has 0 N–H and O–H groups in total. The second-order valence-electron chi connectivity index (χ2n) is 6.40. The SMILES string of the molecule is CC(C)n1cnc2cc(N3CCN(S(C)(=O)=O)CC3)ccc2c1=O. The molecule has 0 aliphatic carbocycles. The highest BCUT2D eigenvalue weighted by molar-refractivity contribution is 7.88. The van der Waals surface area contributed by atoms with E-state index in [0.29, 0.717) is 37.1 Å². The van der Waals surface area contributed by atoms with Crippen LogP contribution in [0.25, 0.3) is 10.9 Å². The average molecular weight is 350 g/mol. The molecule has 0 bridgehead atoms. The lowest BCUT2D eigenvalue weighted by Gasteiger charge is -2.34. The Hall–Kier alpha value is -1.93. The summed E-state index contributed by atoms with van der Waals surface area (Å²) >= 11 is 0. The van der Waals surface area contributed by atoms with Gasteiger partial charge in [0.05, 0.1) is 23.5 Å². The van der Waals surface area contributed by atoms with Crippen molar-refractivity contribution in [1.82, 2.24) is 13.9 Å². The molecule has 0 unspecified atom stereocenters. The monoisotopic (exact) mass is 350 g/mol. The van der Waals surface area contributed by atoms with Gasteiger partial charge in [0.2, 0.25) is 10.0 Å². The molecule has 1 saturated heterocycles. The molecule has 0 radical (unpaired) electrons. The Bertz CT molecular complexity index is 913. The summed E-state index contributed by atoms with van der Waals surface area (Å²) in [7, 11) is -3.13. The van der Waals surface area contributed by atoms with Crippen LogP contribution in [0.1, 0.15) is 19.9 Å². The number of aromatic nitrogens is 2. The van der Waals surface area contributed by atoms with E-state index in [2.05, 4.69) is 9.88 Å². The lowest BCUT2D eigenvalue weighted by atomic mass is 10.2. The quantitative estimate of drug-likeness (QED) is 0.827. The summed E-state index contributed by atoms with van der Waals surface area (Å²) in [6.45, 7) is 6.09. The first-order valence-electron chi connectivity index (χ1n) is 7.98. The van der Waals surface area contributed by atoms with Crippen molar-refractivity contribution in [3.05, 3.63) is 34.9 Å². The van der Waals surface area contributed by atoms with Crippen molar-refractivity contribution in [3.8, 4) is 0 Å². The van der Waals surface area contributed by atoms with Crippen molar-refractivity contribution in [3.63, 3.8) is 0 Å². The highest BCUT2D eigenvalue weighted by Crippen LogP contribution is 2.21. The zero-order valence-electron chi connectivity index (χ0n) is 14.1. The van der Waals surface area contributed by atoms with E-state index < -0.39 is 10.0 Å². The van der Waals surface area contributed by atoms with Crippen LogP contribution in [0, 0.1) is 0 Å². The van der Waals surface area contributed by atoms with Crippen LogP contribution in [-0.2, 0) is 10.0 Å². The molecule has 130 valence electrons. The largest absolute Gasteiger partial charge is 0.369 e. The normalized spacial score (nSPS) is 16.9. The Morgan fingerprint density at radius 2 is 1.79 bits per heavy atom. The standard InChI is InChI=1S/C16H22N4O3S/c1-12(2)20-11-17-15-10-13(4-5-14(15)16(20)21)18-6-8-19(9-7-18)24(3,22)23/h4-5,10-12H,6-9H2,1-3H3. The zero-order valence-corrected chi connectivity index (χ0v) is 15.0. The maximum atomic E-state index is 12.4. The number of rotatable bonds is 3. The maximum absolute atomic E-state index is 12.4. The Morgan fingerprint density at radius 1 is 1.12 bits per heavy atom. The minimum Gasteiger partial charge on any atom is -0.369 e. The molecule has 2 aromatic rings. The first-order chi connectivity index (χ1) is 11.3. The van der Waals surface area contributed by atoms with E-state index in [1.165, 1.54) is 10.6 Å². The van der Waals surface area contributed by atoms with Crippen molar-refractivity contribution in [2.24, 2.45) is 0 Å². The summed E-state index contributed by atoms with van der Waals surface area (Å²) in [5, 5.41) is 0.602. The van der Waals surface area contributed by atoms with Gasteiger partial charge in [0.15, 0.2) is 0 Å². The van der Waals surface area contributed by atoms with Gasteiger partial charge in [-0.05, 0) is 32.0 Å². The van der Waals surface area contributed by atoms with Gasteiger partial charge < -0.3 is 4.90 Å². The molecular weight excluding hydrogens is 328 g/mol. The molecule has 1 aliphatic heterocycles. The highest BCUT2D eigenvalue weighted by atomic mass is 32.2. The van der Waals surface area contributed by atoms with E-state index >= 15 is 0 Å². The molecule has 2 heterocycles. The molecule has 1 aromatic heterocycles. The molecule has 8 heteroatoms. The molecule has 24 heavy (non-hydrogen) atoms. The molecule has 1 aliphatic rings. The summed E-state index contributed by atoms with van der Waals surface area (Å²) in [6.07, 6.45) is 2.82. The van der Waals surface area contributed by atoms with Crippen LogP contribution in [0.3, 0.4) is 0 Å². The van der Waals surface area contributed by atoms with Gasteiger partial charge in [0.25, 0.3) is 5.56 Å². The van der Waals surface area contributed by atoms with Gasteiger partial charge >= 0.3 is 0 Å². The summed E-state index contributed by atoms with van der Waals surface area (Å²) in [5.74, 6) is 0. The van der Waals surface area contributed by atoms with Gasteiger partial charge in [0.1, 0.15) is 0 Å². The number of anilines is 1. The molecule has 0 saturated carbocycles. The number of hydrogen-bond donors (Lipinski definition) is 0. The lowest BCUT2D eigenvalue weighted by Crippen LogP contribution is -2.48. The fourth-order valence-corrected chi connectivity index (χ4v) is 3.79. The third kappa shape index (κ3) is 3.16. The van der Waals surface area contributed by atoms with Crippen molar-refractivity contribution in [1.29, 1.82) is 0 Å². The predicted molar refractivity (Wildman–Crippen MR) is 95.0 cm³/mol. The van der Waals surface area contributed by atoms with E-state index in [9.17, 15) is 13.2 Å². The molecule has 7 nitrogen and oxygen atoms in total. The summed E-state index contributed by atoms with van der Waals surface area (Å²) in [4.78, 5) is 19.0. The van der Waals surface area contributed by atoms with Gasteiger partial charge in [-0.15, -0.1) is 0 Å². The van der Waals surface area contributed by atoms with E-state index in [4.69, 9.17) is 0 Å². The van der Waals surface area contributed by atoms with Crippen LogP contribution in [0.15, 0.2) is 29.3 Å². The van der Waals surface area contributed by atoms with Crippen LogP contribution in [0.2, 0.25) is 0 Å².